The molecule has 2 fully saturated rings. The van der Waals surface area contributed by atoms with Crippen LogP contribution in [-0.2, 0) is 15.5 Å². The molecule has 2 N–H and O–H groups in total. The van der Waals surface area contributed by atoms with Gasteiger partial charge in [0.15, 0.2) is 0 Å². The van der Waals surface area contributed by atoms with Crippen LogP contribution in [0, 0.1) is 0 Å². The molecule has 2 atom stereocenters. The zero-order chi connectivity index (χ0) is 13.3. The maximum absolute atomic E-state index is 12.7. The largest absolute Gasteiger partial charge is 0.398 e. The van der Waals surface area contributed by atoms with Crippen LogP contribution in [0.2, 0.25) is 0 Å². The number of para-hydroxylation sites is 1. The molecule has 2 aliphatic rings. The summed E-state index contributed by atoms with van der Waals surface area (Å²) in [5, 5.41) is 0.191. The molecule has 19 heavy (non-hydrogen) atoms. The van der Waals surface area contributed by atoms with E-state index in [-0.39, 0.29) is 10.9 Å². The number of anilines is 1. The van der Waals surface area contributed by atoms with Gasteiger partial charge < -0.3 is 10.5 Å². The van der Waals surface area contributed by atoms with Crippen LogP contribution >= 0.6 is 0 Å². The molecular weight excluding hydrogens is 258 g/mol. The highest BCUT2D eigenvalue weighted by atomic mass is 32.2. The summed E-state index contributed by atoms with van der Waals surface area (Å²) in [5.74, 6) is 0. The number of nitrogens with two attached hydrogens (primary N) is 1. The van der Waals surface area contributed by atoms with Gasteiger partial charge in [-0.25, -0.2) is 0 Å². The predicted molar refractivity (Wildman–Crippen MR) is 77.4 cm³/mol. The van der Waals surface area contributed by atoms with Crippen LogP contribution in [0.3, 0.4) is 0 Å². The van der Waals surface area contributed by atoms with E-state index in [1.807, 2.05) is 24.3 Å². The molecular formula is C15H21NO2S. The molecule has 0 aromatic heterocycles. The first-order valence-corrected chi connectivity index (χ1v) is 8.31. The normalized spacial score (nSPS) is 27.5. The van der Waals surface area contributed by atoms with Crippen molar-refractivity contribution in [3.8, 4) is 0 Å². The van der Waals surface area contributed by atoms with Crippen molar-refractivity contribution in [1.82, 2.24) is 0 Å². The van der Waals surface area contributed by atoms with Crippen molar-refractivity contribution in [1.29, 1.82) is 0 Å². The van der Waals surface area contributed by atoms with E-state index < -0.39 is 10.8 Å². The van der Waals surface area contributed by atoms with E-state index in [4.69, 9.17) is 10.5 Å². The van der Waals surface area contributed by atoms with Crippen molar-refractivity contribution in [2.45, 2.75) is 54.3 Å². The summed E-state index contributed by atoms with van der Waals surface area (Å²) in [6.45, 7) is 0.739. The number of ether oxygens (including phenoxy) is 1. The molecule has 1 saturated carbocycles. The molecule has 4 heteroatoms. The molecule has 0 bridgehead atoms. The summed E-state index contributed by atoms with van der Waals surface area (Å²) in [6, 6.07) is 7.52. The van der Waals surface area contributed by atoms with Crippen molar-refractivity contribution in [3.63, 3.8) is 0 Å². The van der Waals surface area contributed by atoms with E-state index in [2.05, 4.69) is 0 Å². The second-order valence-electron chi connectivity index (χ2n) is 5.69. The number of rotatable bonds is 2. The van der Waals surface area contributed by atoms with Crippen LogP contribution in [0.4, 0.5) is 5.69 Å². The fraction of sp³-hybridized carbons (Fsp3) is 0.600. The Morgan fingerprint density at radius 2 is 2.00 bits per heavy atom. The predicted octanol–water partition coefficient (Wildman–Crippen LogP) is 2.87. The molecule has 1 aliphatic carbocycles. The van der Waals surface area contributed by atoms with Crippen molar-refractivity contribution in [2.24, 2.45) is 0 Å². The Bertz CT molecular complexity index is 483. The summed E-state index contributed by atoms with van der Waals surface area (Å²) < 4.78 is 18.7. The fourth-order valence-electron chi connectivity index (χ4n) is 3.38. The van der Waals surface area contributed by atoms with Gasteiger partial charge in [-0.05, 0) is 37.8 Å². The lowest BCUT2D eigenvalue weighted by molar-refractivity contribution is -0.0708. The van der Waals surface area contributed by atoms with Gasteiger partial charge in [-0.1, -0.05) is 25.0 Å². The van der Waals surface area contributed by atoms with E-state index in [0.717, 1.165) is 37.2 Å². The molecule has 0 radical (unpaired) electrons. The fourth-order valence-corrected chi connectivity index (χ4v) is 5.01. The molecule has 1 aromatic rings. The zero-order valence-electron chi connectivity index (χ0n) is 11.1. The maximum atomic E-state index is 12.7. The summed E-state index contributed by atoms with van der Waals surface area (Å²) in [7, 11) is -1.01. The van der Waals surface area contributed by atoms with Gasteiger partial charge in [0.05, 0.1) is 21.3 Å². The first kappa shape index (κ1) is 13.1. The van der Waals surface area contributed by atoms with Gasteiger partial charge in [-0.3, -0.25) is 4.21 Å². The van der Waals surface area contributed by atoms with Crippen molar-refractivity contribution >= 4 is 16.5 Å². The zero-order valence-corrected chi connectivity index (χ0v) is 12.0. The van der Waals surface area contributed by atoms with Crippen LogP contribution < -0.4 is 5.73 Å². The molecule has 2 unspecified atom stereocenters. The Balaban J connectivity index is 1.78. The number of nitrogen functional groups attached to an aromatic ring is 1. The van der Waals surface area contributed by atoms with Gasteiger partial charge in [0.2, 0.25) is 0 Å². The molecule has 104 valence electrons. The minimum Gasteiger partial charge on any atom is -0.398 e. The van der Waals surface area contributed by atoms with Crippen LogP contribution in [-0.4, -0.2) is 21.7 Å². The van der Waals surface area contributed by atoms with Crippen LogP contribution in [0.15, 0.2) is 29.2 Å². The van der Waals surface area contributed by atoms with E-state index in [9.17, 15) is 4.21 Å². The first-order chi connectivity index (χ1) is 9.20. The van der Waals surface area contributed by atoms with Gasteiger partial charge >= 0.3 is 0 Å². The van der Waals surface area contributed by atoms with Gasteiger partial charge in [0.25, 0.3) is 0 Å². The van der Waals surface area contributed by atoms with Crippen LogP contribution in [0.1, 0.15) is 38.5 Å². The highest BCUT2D eigenvalue weighted by Crippen LogP contribution is 2.42. The van der Waals surface area contributed by atoms with Crippen LogP contribution in [0.25, 0.3) is 0 Å². The van der Waals surface area contributed by atoms with E-state index in [0.29, 0.717) is 5.69 Å². The minimum atomic E-state index is -1.01. The van der Waals surface area contributed by atoms with E-state index in [1.165, 1.54) is 12.8 Å². The minimum absolute atomic E-state index is 0.0160. The molecule has 1 aromatic carbocycles. The highest BCUT2D eigenvalue weighted by Gasteiger charge is 2.41. The van der Waals surface area contributed by atoms with Gasteiger partial charge in [-0.2, -0.15) is 0 Å². The van der Waals surface area contributed by atoms with Crippen molar-refractivity contribution in [3.05, 3.63) is 24.3 Å². The molecule has 0 amide bonds. The monoisotopic (exact) mass is 279 g/mol. The summed E-state index contributed by atoms with van der Waals surface area (Å²) in [5.41, 5.74) is 6.61. The van der Waals surface area contributed by atoms with Crippen molar-refractivity contribution < 1.29 is 8.95 Å². The molecule has 1 heterocycles. The smallest absolute Gasteiger partial charge is 0.0694 e. The Labute approximate surface area is 117 Å². The van der Waals surface area contributed by atoms with Crippen molar-refractivity contribution in [2.75, 3.05) is 12.3 Å². The highest BCUT2D eigenvalue weighted by molar-refractivity contribution is 7.85. The lowest BCUT2D eigenvalue weighted by atomic mass is 9.92. The third kappa shape index (κ3) is 2.56. The lowest BCUT2D eigenvalue weighted by Crippen LogP contribution is -2.41. The number of benzene rings is 1. The topological polar surface area (TPSA) is 52.3 Å². The lowest BCUT2D eigenvalue weighted by Gasteiger charge is -2.37. The standard InChI is InChI=1S/C15H21NO2S/c16-13-5-1-2-6-14(13)19(17)12-7-10-18-15(11-12)8-3-4-9-15/h1-2,5-6,12H,3-4,7-11,16H2. The third-order valence-electron chi connectivity index (χ3n) is 4.40. The molecule has 3 nitrogen and oxygen atoms in total. The summed E-state index contributed by atoms with van der Waals surface area (Å²) >= 11 is 0. The molecule has 1 spiro atoms. The third-order valence-corrected chi connectivity index (χ3v) is 6.21. The Morgan fingerprint density at radius 3 is 2.74 bits per heavy atom. The Morgan fingerprint density at radius 1 is 1.26 bits per heavy atom. The van der Waals surface area contributed by atoms with Gasteiger partial charge in [0.1, 0.15) is 0 Å². The Kier molecular flexibility index (Phi) is 3.63. The summed E-state index contributed by atoms with van der Waals surface area (Å²) in [6.07, 6.45) is 6.55. The van der Waals surface area contributed by atoms with E-state index >= 15 is 0 Å². The number of hydrogen-bond acceptors (Lipinski definition) is 3. The number of hydrogen-bond donors (Lipinski definition) is 1. The Hall–Kier alpha value is -0.870. The van der Waals surface area contributed by atoms with Gasteiger partial charge in [0, 0.05) is 17.5 Å². The first-order valence-electron chi connectivity index (χ1n) is 7.09. The second-order valence-corrected chi connectivity index (χ2v) is 7.39. The average molecular weight is 279 g/mol. The van der Waals surface area contributed by atoms with Crippen LogP contribution in [0.5, 0.6) is 0 Å². The molecule has 1 aliphatic heterocycles. The van der Waals surface area contributed by atoms with Gasteiger partial charge in [-0.15, -0.1) is 0 Å². The second kappa shape index (κ2) is 5.25. The quantitative estimate of drug-likeness (QED) is 0.847. The molecule has 3 rings (SSSR count). The SMILES string of the molecule is Nc1ccccc1S(=O)C1CCOC2(CCCC2)C1. The summed E-state index contributed by atoms with van der Waals surface area (Å²) in [4.78, 5) is 0.794. The van der Waals surface area contributed by atoms with E-state index in [1.54, 1.807) is 0 Å². The maximum Gasteiger partial charge on any atom is 0.0694 e. The average Bonchev–Trinajstić information content (AvgIpc) is 2.86. The molecule has 1 saturated heterocycles.